The van der Waals surface area contributed by atoms with Crippen LogP contribution in [0.25, 0.3) is 0 Å². The van der Waals surface area contributed by atoms with Crippen molar-refractivity contribution < 1.29 is 0 Å². The molecule has 1 atom stereocenters. The molecule has 2 rings (SSSR count). The Kier molecular flexibility index (Phi) is 5.94. The fraction of sp³-hybridized carbons (Fsp3) is 0.333. The number of rotatable bonds is 5. The van der Waals surface area contributed by atoms with Gasteiger partial charge in [-0.25, -0.2) is 0 Å². The maximum Gasteiger partial charge on any atom is 0.0961 e. The van der Waals surface area contributed by atoms with Crippen LogP contribution in [0, 0.1) is 6.92 Å². The maximum atomic E-state index is 6.22. The summed E-state index contributed by atoms with van der Waals surface area (Å²) in [5.74, 6) is 0. The molecular formula is C15H16BrCl2NS. The highest BCUT2D eigenvalue weighted by Crippen LogP contribution is 2.37. The lowest BCUT2D eigenvalue weighted by Crippen LogP contribution is -2.22. The van der Waals surface area contributed by atoms with Gasteiger partial charge in [0.2, 0.25) is 0 Å². The number of benzene rings is 1. The van der Waals surface area contributed by atoms with Crippen LogP contribution in [0.5, 0.6) is 0 Å². The van der Waals surface area contributed by atoms with Crippen LogP contribution in [-0.2, 0) is 0 Å². The van der Waals surface area contributed by atoms with Crippen molar-refractivity contribution in [1.29, 1.82) is 0 Å². The zero-order valence-electron chi connectivity index (χ0n) is 11.3. The Morgan fingerprint density at radius 1 is 1.30 bits per heavy atom. The van der Waals surface area contributed by atoms with Crippen LogP contribution in [0.2, 0.25) is 9.36 Å². The smallest absolute Gasteiger partial charge is 0.0961 e. The molecule has 5 heteroatoms. The number of halogens is 3. The lowest BCUT2D eigenvalue weighted by Gasteiger charge is -2.19. The van der Waals surface area contributed by atoms with Crippen LogP contribution < -0.4 is 5.32 Å². The minimum Gasteiger partial charge on any atom is -0.306 e. The van der Waals surface area contributed by atoms with E-state index in [0.717, 1.165) is 32.4 Å². The van der Waals surface area contributed by atoms with Crippen molar-refractivity contribution in [2.75, 3.05) is 6.54 Å². The second-order valence-electron chi connectivity index (χ2n) is 4.66. The van der Waals surface area contributed by atoms with Gasteiger partial charge >= 0.3 is 0 Å². The first-order chi connectivity index (χ1) is 9.52. The molecule has 0 aliphatic heterocycles. The van der Waals surface area contributed by atoms with Crippen LogP contribution in [0.1, 0.15) is 35.4 Å². The standard InChI is InChI=1S/C15H16BrCl2NS/c1-3-6-19-14(13-7-9(2)15(18)20-13)11-5-4-10(17)8-12(11)16/h4-5,7-8,14,19H,3,6H2,1-2H3. The third-order valence-electron chi connectivity index (χ3n) is 3.03. The molecule has 0 saturated carbocycles. The second-order valence-corrected chi connectivity index (χ2v) is 7.64. The van der Waals surface area contributed by atoms with Crippen LogP contribution in [0.4, 0.5) is 0 Å². The normalized spacial score (nSPS) is 12.7. The SMILES string of the molecule is CCCNC(c1cc(C)c(Cl)s1)c1ccc(Cl)cc1Br. The van der Waals surface area contributed by atoms with Crippen LogP contribution >= 0.6 is 50.5 Å². The Hall–Kier alpha value is -0.0600. The zero-order chi connectivity index (χ0) is 14.7. The van der Waals surface area contributed by atoms with E-state index < -0.39 is 0 Å². The molecule has 0 saturated heterocycles. The molecule has 0 aliphatic rings. The first-order valence-electron chi connectivity index (χ1n) is 6.47. The minimum atomic E-state index is 0.137. The summed E-state index contributed by atoms with van der Waals surface area (Å²) < 4.78 is 1.87. The van der Waals surface area contributed by atoms with Crippen molar-refractivity contribution in [3.8, 4) is 0 Å². The van der Waals surface area contributed by atoms with Crippen molar-refractivity contribution in [2.24, 2.45) is 0 Å². The Morgan fingerprint density at radius 2 is 2.05 bits per heavy atom. The van der Waals surface area contributed by atoms with Gasteiger partial charge in [0.25, 0.3) is 0 Å². The largest absolute Gasteiger partial charge is 0.306 e. The van der Waals surface area contributed by atoms with Gasteiger partial charge in [0.1, 0.15) is 0 Å². The first-order valence-corrected chi connectivity index (χ1v) is 8.83. The molecule has 108 valence electrons. The summed E-state index contributed by atoms with van der Waals surface area (Å²) in [7, 11) is 0. The van der Waals surface area contributed by atoms with Gasteiger partial charge in [-0.15, -0.1) is 11.3 Å². The Labute approximate surface area is 142 Å². The predicted octanol–water partition coefficient (Wildman–Crippen LogP) is 6.21. The Morgan fingerprint density at radius 3 is 2.60 bits per heavy atom. The molecule has 1 heterocycles. The van der Waals surface area contributed by atoms with Gasteiger partial charge in [-0.1, -0.05) is 52.1 Å². The van der Waals surface area contributed by atoms with E-state index in [1.54, 1.807) is 11.3 Å². The van der Waals surface area contributed by atoms with E-state index in [0.29, 0.717) is 0 Å². The van der Waals surface area contributed by atoms with Crippen molar-refractivity contribution in [1.82, 2.24) is 5.32 Å². The number of hydrogen-bond donors (Lipinski definition) is 1. The summed E-state index contributed by atoms with van der Waals surface area (Å²) in [6.45, 7) is 5.15. The highest BCUT2D eigenvalue weighted by atomic mass is 79.9. The van der Waals surface area contributed by atoms with E-state index in [1.807, 2.05) is 19.1 Å². The quantitative estimate of drug-likeness (QED) is 0.637. The molecule has 2 aromatic rings. The molecule has 0 fully saturated rings. The molecule has 0 amide bonds. The average molecular weight is 393 g/mol. The first kappa shape index (κ1) is 16.3. The number of aryl methyl sites for hydroxylation is 1. The maximum absolute atomic E-state index is 6.22. The minimum absolute atomic E-state index is 0.137. The van der Waals surface area contributed by atoms with Crippen LogP contribution in [0.3, 0.4) is 0 Å². The van der Waals surface area contributed by atoms with E-state index in [9.17, 15) is 0 Å². The molecule has 20 heavy (non-hydrogen) atoms. The molecule has 0 bridgehead atoms. The summed E-state index contributed by atoms with van der Waals surface area (Å²) in [5, 5.41) is 4.31. The molecule has 1 unspecified atom stereocenters. The van der Waals surface area contributed by atoms with Crippen molar-refractivity contribution in [3.63, 3.8) is 0 Å². The van der Waals surface area contributed by atoms with Gasteiger partial charge in [-0.3, -0.25) is 0 Å². The fourth-order valence-electron chi connectivity index (χ4n) is 2.01. The van der Waals surface area contributed by atoms with Crippen molar-refractivity contribution in [3.05, 3.63) is 54.1 Å². The topological polar surface area (TPSA) is 12.0 Å². The Balaban J connectivity index is 2.41. The van der Waals surface area contributed by atoms with E-state index >= 15 is 0 Å². The monoisotopic (exact) mass is 391 g/mol. The zero-order valence-corrected chi connectivity index (χ0v) is 15.3. The van der Waals surface area contributed by atoms with E-state index in [4.69, 9.17) is 23.2 Å². The van der Waals surface area contributed by atoms with Crippen LogP contribution in [0.15, 0.2) is 28.7 Å². The summed E-state index contributed by atoms with van der Waals surface area (Å²) in [4.78, 5) is 1.23. The summed E-state index contributed by atoms with van der Waals surface area (Å²) in [5.41, 5.74) is 2.31. The number of thiophene rings is 1. The highest BCUT2D eigenvalue weighted by molar-refractivity contribution is 9.10. The van der Waals surface area contributed by atoms with E-state index in [-0.39, 0.29) is 6.04 Å². The molecule has 1 aromatic carbocycles. The van der Waals surface area contributed by atoms with Crippen LogP contribution in [-0.4, -0.2) is 6.54 Å². The lowest BCUT2D eigenvalue weighted by atomic mass is 10.0. The summed E-state index contributed by atoms with van der Waals surface area (Å²) in [6, 6.07) is 8.20. The number of hydrogen-bond acceptors (Lipinski definition) is 2. The van der Waals surface area contributed by atoms with Crippen molar-refractivity contribution in [2.45, 2.75) is 26.3 Å². The van der Waals surface area contributed by atoms with E-state index in [1.165, 1.54) is 10.4 Å². The molecule has 0 aliphatic carbocycles. The van der Waals surface area contributed by atoms with Gasteiger partial charge in [-0.2, -0.15) is 0 Å². The summed E-state index contributed by atoms with van der Waals surface area (Å²) >= 11 is 17.5. The molecule has 1 N–H and O–H groups in total. The van der Waals surface area contributed by atoms with Gasteiger partial charge in [0.15, 0.2) is 0 Å². The third-order valence-corrected chi connectivity index (χ3v) is 5.57. The molecule has 1 nitrogen and oxygen atoms in total. The fourth-order valence-corrected chi connectivity index (χ4v) is 4.24. The average Bonchev–Trinajstić information content (AvgIpc) is 2.72. The number of nitrogens with one attached hydrogen (secondary N) is 1. The predicted molar refractivity (Wildman–Crippen MR) is 93.4 cm³/mol. The van der Waals surface area contributed by atoms with Gasteiger partial charge in [0.05, 0.1) is 10.4 Å². The summed E-state index contributed by atoms with van der Waals surface area (Å²) in [6.07, 6.45) is 1.08. The lowest BCUT2D eigenvalue weighted by molar-refractivity contribution is 0.604. The van der Waals surface area contributed by atoms with Gasteiger partial charge in [-0.05, 0) is 49.2 Å². The van der Waals surface area contributed by atoms with Crippen molar-refractivity contribution >= 4 is 50.5 Å². The molecular weight excluding hydrogens is 377 g/mol. The van der Waals surface area contributed by atoms with Gasteiger partial charge in [0, 0.05) is 14.4 Å². The Bertz CT molecular complexity index is 578. The van der Waals surface area contributed by atoms with Gasteiger partial charge < -0.3 is 5.32 Å². The highest BCUT2D eigenvalue weighted by Gasteiger charge is 2.19. The second kappa shape index (κ2) is 7.28. The molecule has 0 radical (unpaired) electrons. The molecule has 1 aromatic heterocycles. The third kappa shape index (κ3) is 3.77. The van der Waals surface area contributed by atoms with E-state index in [2.05, 4.69) is 40.3 Å². The molecule has 0 spiro atoms.